The van der Waals surface area contributed by atoms with E-state index in [0.717, 1.165) is 10.6 Å². The van der Waals surface area contributed by atoms with E-state index in [1.165, 1.54) is 11.3 Å². The minimum atomic E-state index is -0.403. The molecule has 0 aliphatic heterocycles. The molecule has 118 valence electrons. The number of carbonyl (C=O) groups excluding carboxylic acids is 1. The summed E-state index contributed by atoms with van der Waals surface area (Å²) in [5.74, 6) is -0.403. The van der Waals surface area contributed by atoms with Crippen LogP contribution in [0, 0.1) is 13.8 Å². The van der Waals surface area contributed by atoms with Gasteiger partial charge in [0.05, 0.1) is 22.2 Å². The number of aryl methyl sites for hydroxylation is 1. The van der Waals surface area contributed by atoms with Crippen LogP contribution in [-0.4, -0.2) is 24.2 Å². The summed E-state index contributed by atoms with van der Waals surface area (Å²) in [6.45, 7) is 5.19. The van der Waals surface area contributed by atoms with Gasteiger partial charge in [0.15, 0.2) is 4.80 Å². The number of thiazole rings is 1. The maximum Gasteiger partial charge on any atom is 0.281 e. The molecule has 0 aliphatic carbocycles. The fraction of sp³-hybridized carbons (Fsp3) is 0.333. The van der Waals surface area contributed by atoms with Gasteiger partial charge < -0.3 is 9.30 Å². The lowest BCUT2D eigenvalue weighted by molar-refractivity contribution is 0.0997. The topological polar surface area (TPSA) is 43.6 Å². The molecule has 0 radical (unpaired) electrons. The second kappa shape index (κ2) is 7.42. The van der Waals surface area contributed by atoms with Crippen molar-refractivity contribution in [2.45, 2.75) is 20.4 Å². The third-order valence-electron chi connectivity index (χ3n) is 3.29. The summed E-state index contributed by atoms with van der Waals surface area (Å²) in [7, 11) is 1.64. The van der Waals surface area contributed by atoms with Crippen LogP contribution in [0.3, 0.4) is 0 Å². The normalized spacial score (nSPS) is 12.0. The third kappa shape index (κ3) is 3.60. The summed E-state index contributed by atoms with van der Waals surface area (Å²) >= 11 is 13.5. The van der Waals surface area contributed by atoms with Gasteiger partial charge in [0, 0.05) is 24.2 Å². The summed E-state index contributed by atoms with van der Waals surface area (Å²) < 4.78 is 7.08. The van der Waals surface area contributed by atoms with Crippen LogP contribution < -0.4 is 4.80 Å². The van der Waals surface area contributed by atoms with E-state index in [1.807, 2.05) is 18.4 Å². The van der Waals surface area contributed by atoms with Crippen molar-refractivity contribution in [1.82, 2.24) is 4.57 Å². The van der Waals surface area contributed by atoms with E-state index in [-0.39, 0.29) is 5.02 Å². The lowest BCUT2D eigenvalue weighted by Gasteiger charge is -2.05. The molecule has 2 rings (SSSR count). The van der Waals surface area contributed by atoms with Crippen molar-refractivity contribution in [2.75, 3.05) is 13.7 Å². The molecule has 2 aromatic rings. The Bertz CT molecular complexity index is 765. The van der Waals surface area contributed by atoms with Gasteiger partial charge >= 0.3 is 0 Å². The van der Waals surface area contributed by atoms with Gasteiger partial charge in [0.2, 0.25) is 0 Å². The molecule has 22 heavy (non-hydrogen) atoms. The molecule has 0 N–H and O–H groups in total. The Morgan fingerprint density at radius 2 is 2.09 bits per heavy atom. The van der Waals surface area contributed by atoms with Crippen LogP contribution in [-0.2, 0) is 11.3 Å². The van der Waals surface area contributed by atoms with Crippen LogP contribution in [0.1, 0.15) is 20.9 Å². The Balaban J connectivity index is 2.46. The second-order valence-corrected chi connectivity index (χ2v) is 6.66. The zero-order chi connectivity index (χ0) is 16.3. The van der Waals surface area contributed by atoms with E-state index in [4.69, 9.17) is 27.9 Å². The standard InChI is InChI=1S/C15H16Cl2N2O2S/c1-9-10(2)22-15(19(9)7-8-21-3)18-14(20)11-5-4-6-12(16)13(11)17/h4-6H,7-8H2,1-3H3/b18-15-. The molecule has 0 aliphatic rings. The van der Waals surface area contributed by atoms with Crippen molar-refractivity contribution >= 4 is 40.4 Å². The molecule has 1 aromatic heterocycles. The summed E-state index contributed by atoms with van der Waals surface area (Å²) in [6.07, 6.45) is 0. The van der Waals surface area contributed by atoms with Crippen LogP contribution in [0.2, 0.25) is 10.0 Å². The average molecular weight is 359 g/mol. The van der Waals surface area contributed by atoms with Crippen molar-refractivity contribution in [1.29, 1.82) is 0 Å². The molecule has 0 bridgehead atoms. The molecule has 1 amide bonds. The number of rotatable bonds is 4. The number of nitrogens with zero attached hydrogens (tertiary/aromatic N) is 2. The van der Waals surface area contributed by atoms with Crippen molar-refractivity contribution in [3.8, 4) is 0 Å². The Hall–Kier alpha value is -1.14. The average Bonchev–Trinajstić information content (AvgIpc) is 2.74. The number of aromatic nitrogens is 1. The Morgan fingerprint density at radius 1 is 1.36 bits per heavy atom. The highest BCUT2D eigenvalue weighted by molar-refractivity contribution is 7.09. The largest absolute Gasteiger partial charge is 0.383 e. The van der Waals surface area contributed by atoms with Gasteiger partial charge in [-0.2, -0.15) is 4.99 Å². The Kier molecular flexibility index (Phi) is 5.81. The van der Waals surface area contributed by atoms with E-state index in [1.54, 1.807) is 25.3 Å². The van der Waals surface area contributed by atoms with Crippen molar-refractivity contribution in [3.05, 3.63) is 49.2 Å². The minimum absolute atomic E-state index is 0.228. The van der Waals surface area contributed by atoms with E-state index >= 15 is 0 Å². The molecule has 0 unspecified atom stereocenters. The number of hydrogen-bond acceptors (Lipinski definition) is 3. The second-order valence-electron chi connectivity index (χ2n) is 4.69. The van der Waals surface area contributed by atoms with Gasteiger partial charge in [-0.25, -0.2) is 0 Å². The fourth-order valence-corrected chi connectivity index (χ4v) is 3.32. The molecule has 0 spiro atoms. The first kappa shape index (κ1) is 17.2. The monoisotopic (exact) mass is 358 g/mol. The molecule has 4 nitrogen and oxygen atoms in total. The number of benzene rings is 1. The molecule has 0 saturated carbocycles. The van der Waals surface area contributed by atoms with Crippen molar-refractivity contribution in [2.24, 2.45) is 4.99 Å². The van der Waals surface area contributed by atoms with Crippen LogP contribution >= 0.6 is 34.5 Å². The van der Waals surface area contributed by atoms with Crippen LogP contribution in [0.15, 0.2) is 23.2 Å². The van der Waals surface area contributed by atoms with Gasteiger partial charge in [0.1, 0.15) is 0 Å². The number of hydrogen-bond donors (Lipinski definition) is 0. The van der Waals surface area contributed by atoms with Gasteiger partial charge in [-0.05, 0) is 26.0 Å². The van der Waals surface area contributed by atoms with E-state index in [2.05, 4.69) is 4.99 Å². The molecule has 0 saturated heterocycles. The number of amides is 1. The maximum atomic E-state index is 12.4. The molecule has 1 aromatic carbocycles. The lowest BCUT2D eigenvalue weighted by atomic mass is 10.2. The number of carbonyl (C=O) groups is 1. The van der Waals surface area contributed by atoms with E-state index < -0.39 is 5.91 Å². The fourth-order valence-electron chi connectivity index (χ4n) is 1.94. The summed E-state index contributed by atoms with van der Waals surface area (Å²) in [5.41, 5.74) is 1.38. The van der Waals surface area contributed by atoms with Crippen LogP contribution in [0.25, 0.3) is 0 Å². The van der Waals surface area contributed by atoms with Crippen LogP contribution in [0.4, 0.5) is 0 Å². The highest BCUT2D eigenvalue weighted by atomic mass is 35.5. The maximum absolute atomic E-state index is 12.4. The van der Waals surface area contributed by atoms with Crippen molar-refractivity contribution in [3.63, 3.8) is 0 Å². The number of methoxy groups -OCH3 is 1. The first-order valence-electron chi connectivity index (χ1n) is 6.64. The minimum Gasteiger partial charge on any atom is -0.383 e. The highest BCUT2D eigenvalue weighted by Gasteiger charge is 2.13. The quantitative estimate of drug-likeness (QED) is 0.832. The molecule has 7 heteroatoms. The zero-order valence-corrected chi connectivity index (χ0v) is 14.8. The summed E-state index contributed by atoms with van der Waals surface area (Å²) in [5, 5.41) is 0.569. The molecule has 1 heterocycles. The third-order valence-corrected chi connectivity index (χ3v) is 5.20. The molecular weight excluding hydrogens is 343 g/mol. The predicted octanol–water partition coefficient (Wildman–Crippen LogP) is 3.86. The van der Waals surface area contributed by atoms with E-state index in [9.17, 15) is 4.79 Å². The van der Waals surface area contributed by atoms with Gasteiger partial charge in [0.25, 0.3) is 5.91 Å². The Labute approximate surface area is 143 Å². The van der Waals surface area contributed by atoms with Gasteiger partial charge in [-0.15, -0.1) is 11.3 Å². The van der Waals surface area contributed by atoms with Gasteiger partial charge in [-0.1, -0.05) is 29.3 Å². The van der Waals surface area contributed by atoms with Gasteiger partial charge in [-0.3, -0.25) is 4.79 Å². The van der Waals surface area contributed by atoms with Crippen LogP contribution in [0.5, 0.6) is 0 Å². The summed E-state index contributed by atoms with van der Waals surface area (Å²) in [6, 6.07) is 4.94. The number of halogens is 2. The SMILES string of the molecule is COCCn1c(C)c(C)s/c1=N\C(=O)c1cccc(Cl)c1Cl. The first-order valence-corrected chi connectivity index (χ1v) is 8.21. The molecular formula is C15H16Cl2N2O2S. The van der Waals surface area contributed by atoms with E-state index in [0.29, 0.717) is 28.5 Å². The smallest absolute Gasteiger partial charge is 0.281 e. The number of ether oxygens (including phenoxy) is 1. The Morgan fingerprint density at radius 3 is 2.77 bits per heavy atom. The zero-order valence-electron chi connectivity index (χ0n) is 12.5. The molecule has 0 fully saturated rings. The first-order chi connectivity index (χ1) is 10.5. The predicted molar refractivity (Wildman–Crippen MR) is 90.0 cm³/mol. The summed E-state index contributed by atoms with van der Waals surface area (Å²) in [4.78, 5) is 18.3. The molecule has 0 atom stereocenters. The highest BCUT2D eigenvalue weighted by Crippen LogP contribution is 2.26. The van der Waals surface area contributed by atoms with Crippen molar-refractivity contribution < 1.29 is 9.53 Å². The lowest BCUT2D eigenvalue weighted by Crippen LogP contribution is -2.20.